The summed E-state index contributed by atoms with van der Waals surface area (Å²) in [6.07, 6.45) is 5.71. The molecule has 0 fully saturated rings. The zero-order valence-electron chi connectivity index (χ0n) is 10.3. The zero-order chi connectivity index (χ0) is 13.0. The average molecular weight is 255 g/mol. The first-order chi connectivity index (χ1) is 9.25. The molecule has 0 aliphatic heterocycles. The molecule has 0 unspecified atom stereocenters. The summed E-state index contributed by atoms with van der Waals surface area (Å²) >= 11 is 0. The van der Waals surface area contributed by atoms with E-state index in [-0.39, 0.29) is 0 Å². The number of aromatic nitrogens is 3. The van der Waals surface area contributed by atoms with E-state index in [1.54, 1.807) is 0 Å². The highest BCUT2D eigenvalue weighted by atomic mass is 16.3. The second-order valence-electron chi connectivity index (χ2n) is 4.88. The molecule has 6 heteroatoms. The van der Waals surface area contributed by atoms with Gasteiger partial charge in [0, 0.05) is 0 Å². The molecule has 3 aromatic rings. The van der Waals surface area contributed by atoms with Crippen molar-refractivity contribution in [2.45, 2.75) is 25.7 Å². The number of furan rings is 1. The molecule has 0 aromatic carbocycles. The quantitative estimate of drug-likeness (QED) is 0.635. The van der Waals surface area contributed by atoms with Gasteiger partial charge in [-0.2, -0.15) is 4.98 Å². The van der Waals surface area contributed by atoms with Crippen LogP contribution in [-0.4, -0.2) is 15.0 Å². The number of nitrogens with two attached hydrogens (primary N) is 2. The van der Waals surface area contributed by atoms with E-state index in [0.29, 0.717) is 22.9 Å². The molecule has 0 saturated heterocycles. The standard InChI is InChI=1S/C13H13N5O/c14-11-7-4-2-1-3-6(7)8-9-10(19-13(8)18-11)12(15)17-5-16-9/h5H,1-4H2,(H2,14,18)(H2,15,16,17). The lowest BCUT2D eigenvalue weighted by molar-refractivity contribution is 0.648. The van der Waals surface area contributed by atoms with Crippen molar-refractivity contribution < 1.29 is 4.42 Å². The van der Waals surface area contributed by atoms with Crippen molar-refractivity contribution in [2.24, 2.45) is 0 Å². The number of fused-ring (bicyclic) bond motifs is 5. The molecule has 1 aliphatic carbocycles. The molecule has 4 N–H and O–H groups in total. The van der Waals surface area contributed by atoms with Gasteiger partial charge in [0.25, 0.3) is 0 Å². The fourth-order valence-corrected chi connectivity index (χ4v) is 2.91. The molecule has 3 aromatic heterocycles. The Bertz CT molecular complexity index is 808. The summed E-state index contributed by atoms with van der Waals surface area (Å²) in [5.41, 5.74) is 16.0. The Hall–Kier alpha value is -2.37. The minimum atomic E-state index is 0.339. The third-order valence-corrected chi connectivity index (χ3v) is 3.78. The number of pyridine rings is 1. The third kappa shape index (κ3) is 1.34. The molecule has 4 rings (SSSR count). The maximum atomic E-state index is 6.03. The number of hydrogen-bond acceptors (Lipinski definition) is 6. The normalized spacial score (nSPS) is 14.9. The number of rotatable bonds is 0. The van der Waals surface area contributed by atoms with Gasteiger partial charge in [0.05, 0.1) is 5.39 Å². The molecule has 1 aliphatic rings. The van der Waals surface area contributed by atoms with Crippen LogP contribution in [0.2, 0.25) is 0 Å². The van der Waals surface area contributed by atoms with Gasteiger partial charge in [-0.1, -0.05) is 0 Å². The van der Waals surface area contributed by atoms with Crippen molar-refractivity contribution in [1.82, 2.24) is 15.0 Å². The van der Waals surface area contributed by atoms with Gasteiger partial charge in [0.15, 0.2) is 11.4 Å². The number of nitrogens with zero attached hydrogens (tertiary/aromatic N) is 3. The summed E-state index contributed by atoms with van der Waals surface area (Å²) in [4.78, 5) is 12.6. The number of anilines is 2. The number of nitrogen functional groups attached to an aromatic ring is 2. The Balaban J connectivity index is 2.22. The minimum Gasteiger partial charge on any atom is -0.432 e. The predicted molar refractivity (Wildman–Crippen MR) is 72.6 cm³/mol. The molecule has 6 nitrogen and oxygen atoms in total. The van der Waals surface area contributed by atoms with Crippen molar-refractivity contribution >= 4 is 33.8 Å². The van der Waals surface area contributed by atoms with E-state index in [0.717, 1.165) is 42.1 Å². The van der Waals surface area contributed by atoms with Crippen molar-refractivity contribution in [3.8, 4) is 0 Å². The maximum absolute atomic E-state index is 6.03. The van der Waals surface area contributed by atoms with Crippen LogP contribution in [0.4, 0.5) is 11.6 Å². The van der Waals surface area contributed by atoms with Crippen LogP contribution in [0.25, 0.3) is 22.2 Å². The van der Waals surface area contributed by atoms with Crippen molar-refractivity contribution in [3.63, 3.8) is 0 Å². The lowest BCUT2D eigenvalue weighted by Gasteiger charge is -2.17. The first-order valence-electron chi connectivity index (χ1n) is 6.35. The SMILES string of the molecule is Nc1nc2oc3c(N)ncnc3c2c2c1CCCC2. The molecule has 0 amide bonds. The summed E-state index contributed by atoms with van der Waals surface area (Å²) in [5.74, 6) is 0.902. The van der Waals surface area contributed by atoms with Gasteiger partial charge in [0.1, 0.15) is 17.7 Å². The maximum Gasteiger partial charge on any atom is 0.231 e. The highest BCUT2D eigenvalue weighted by Crippen LogP contribution is 2.37. The van der Waals surface area contributed by atoms with E-state index in [1.165, 1.54) is 11.9 Å². The molecule has 19 heavy (non-hydrogen) atoms. The Morgan fingerprint density at radius 1 is 1.00 bits per heavy atom. The molecular formula is C13H13N5O. The molecular weight excluding hydrogens is 242 g/mol. The van der Waals surface area contributed by atoms with Gasteiger partial charge >= 0.3 is 0 Å². The highest BCUT2D eigenvalue weighted by molar-refractivity contribution is 6.06. The second-order valence-corrected chi connectivity index (χ2v) is 4.88. The summed E-state index contributed by atoms with van der Waals surface area (Å²) in [6.45, 7) is 0. The van der Waals surface area contributed by atoms with Crippen LogP contribution >= 0.6 is 0 Å². The summed E-state index contributed by atoms with van der Waals surface area (Å²) < 4.78 is 5.69. The van der Waals surface area contributed by atoms with Crippen LogP contribution in [-0.2, 0) is 12.8 Å². The lowest BCUT2D eigenvalue weighted by Crippen LogP contribution is -2.08. The molecule has 0 spiro atoms. The van der Waals surface area contributed by atoms with E-state index in [4.69, 9.17) is 15.9 Å². The Morgan fingerprint density at radius 2 is 1.79 bits per heavy atom. The summed E-state index contributed by atoms with van der Waals surface area (Å²) in [5, 5.41) is 0.952. The molecule has 0 saturated carbocycles. The topological polar surface area (TPSA) is 104 Å². The van der Waals surface area contributed by atoms with Crippen molar-refractivity contribution in [3.05, 3.63) is 17.5 Å². The summed E-state index contributed by atoms with van der Waals surface area (Å²) in [6, 6.07) is 0. The largest absolute Gasteiger partial charge is 0.432 e. The van der Waals surface area contributed by atoms with Crippen LogP contribution in [0.3, 0.4) is 0 Å². The van der Waals surface area contributed by atoms with Crippen LogP contribution in [0.1, 0.15) is 24.0 Å². The van der Waals surface area contributed by atoms with Crippen LogP contribution in [0.5, 0.6) is 0 Å². The third-order valence-electron chi connectivity index (χ3n) is 3.78. The van der Waals surface area contributed by atoms with Crippen LogP contribution < -0.4 is 11.5 Å². The van der Waals surface area contributed by atoms with Crippen LogP contribution in [0, 0.1) is 0 Å². The first kappa shape index (κ1) is 10.5. The Morgan fingerprint density at radius 3 is 2.63 bits per heavy atom. The lowest BCUT2D eigenvalue weighted by atomic mass is 9.90. The molecule has 0 atom stereocenters. The Kier molecular flexibility index (Phi) is 1.98. The number of hydrogen-bond donors (Lipinski definition) is 2. The van der Waals surface area contributed by atoms with E-state index in [9.17, 15) is 0 Å². The van der Waals surface area contributed by atoms with Gasteiger partial charge in [-0.3, -0.25) is 0 Å². The van der Waals surface area contributed by atoms with Gasteiger partial charge in [-0.25, -0.2) is 9.97 Å². The molecule has 3 heterocycles. The fraction of sp³-hybridized carbons (Fsp3) is 0.308. The first-order valence-corrected chi connectivity index (χ1v) is 6.35. The van der Waals surface area contributed by atoms with Crippen molar-refractivity contribution in [1.29, 1.82) is 0 Å². The van der Waals surface area contributed by atoms with Gasteiger partial charge < -0.3 is 15.9 Å². The number of aryl methyl sites for hydroxylation is 1. The minimum absolute atomic E-state index is 0.339. The fourth-order valence-electron chi connectivity index (χ4n) is 2.91. The van der Waals surface area contributed by atoms with E-state index in [2.05, 4.69) is 15.0 Å². The molecule has 0 bridgehead atoms. The van der Waals surface area contributed by atoms with Crippen LogP contribution in [0.15, 0.2) is 10.7 Å². The zero-order valence-corrected chi connectivity index (χ0v) is 10.3. The summed E-state index contributed by atoms with van der Waals surface area (Å²) in [7, 11) is 0. The Labute approximate surface area is 108 Å². The van der Waals surface area contributed by atoms with Gasteiger partial charge in [0.2, 0.25) is 5.71 Å². The highest BCUT2D eigenvalue weighted by Gasteiger charge is 2.22. The van der Waals surface area contributed by atoms with E-state index < -0.39 is 0 Å². The smallest absolute Gasteiger partial charge is 0.231 e. The van der Waals surface area contributed by atoms with Gasteiger partial charge in [-0.15, -0.1) is 0 Å². The van der Waals surface area contributed by atoms with E-state index in [1.807, 2.05) is 0 Å². The predicted octanol–water partition coefficient (Wildman–Crippen LogP) is 1.81. The van der Waals surface area contributed by atoms with Gasteiger partial charge in [-0.05, 0) is 36.8 Å². The van der Waals surface area contributed by atoms with E-state index >= 15 is 0 Å². The monoisotopic (exact) mass is 255 g/mol. The molecule has 0 radical (unpaired) electrons. The average Bonchev–Trinajstić information content (AvgIpc) is 2.79. The second kappa shape index (κ2) is 3.57. The van der Waals surface area contributed by atoms with Crippen molar-refractivity contribution in [2.75, 3.05) is 11.5 Å². The molecule has 96 valence electrons.